The molecule has 0 aliphatic heterocycles. The first kappa shape index (κ1) is 12.7. The van der Waals surface area contributed by atoms with Crippen LogP contribution in [0.2, 0.25) is 0 Å². The van der Waals surface area contributed by atoms with Crippen LogP contribution in [0.15, 0.2) is 0 Å². The maximum atomic E-state index is 11.7. The van der Waals surface area contributed by atoms with Gasteiger partial charge >= 0.3 is 6.18 Å². The Kier molecular flexibility index (Phi) is 4.70. The summed E-state index contributed by atoms with van der Waals surface area (Å²) < 4.78 is 39.8. The Bertz CT molecular complexity index is 145. The molecule has 0 saturated carbocycles. The molecule has 0 aliphatic rings. The highest BCUT2D eigenvalue weighted by atomic mass is 19.4. The van der Waals surface area contributed by atoms with Crippen molar-refractivity contribution >= 4 is 0 Å². The van der Waals surface area contributed by atoms with Crippen molar-refractivity contribution in [2.24, 2.45) is 11.1 Å². The molecule has 0 aromatic heterocycles. The van der Waals surface area contributed by atoms with Crippen LogP contribution in [0.3, 0.4) is 0 Å². The third kappa shape index (κ3) is 8.05. The predicted octanol–water partition coefficient (Wildman–Crippen LogP) is 1.94. The molecule has 13 heavy (non-hydrogen) atoms. The summed E-state index contributed by atoms with van der Waals surface area (Å²) in [6, 6.07) is 0. The normalized spacial score (nSPS) is 13.4. The summed E-state index contributed by atoms with van der Waals surface area (Å²) in [5.41, 5.74) is 5.13. The second-order valence-corrected chi connectivity index (χ2v) is 3.79. The zero-order valence-corrected chi connectivity index (χ0v) is 7.95. The molecule has 0 radical (unpaired) electrons. The smallest absolute Gasteiger partial charge is 0.380 e. The van der Waals surface area contributed by atoms with Gasteiger partial charge in [0, 0.05) is 5.41 Å². The number of rotatable bonds is 5. The van der Waals surface area contributed by atoms with Crippen molar-refractivity contribution in [3.63, 3.8) is 0 Å². The van der Waals surface area contributed by atoms with Crippen molar-refractivity contribution in [2.75, 3.05) is 19.8 Å². The van der Waals surface area contributed by atoms with Gasteiger partial charge in [-0.3, -0.25) is 0 Å². The van der Waals surface area contributed by atoms with Gasteiger partial charge < -0.3 is 10.5 Å². The third-order valence-corrected chi connectivity index (χ3v) is 1.58. The Morgan fingerprint density at radius 3 is 2.15 bits per heavy atom. The average Bonchev–Trinajstić information content (AvgIpc) is 1.97. The molecule has 0 unspecified atom stereocenters. The van der Waals surface area contributed by atoms with Crippen LogP contribution >= 0.6 is 0 Å². The molecule has 0 rings (SSSR count). The van der Waals surface area contributed by atoms with Crippen LogP contribution < -0.4 is 5.73 Å². The Morgan fingerprint density at radius 2 is 1.77 bits per heavy atom. The molecular weight excluding hydrogens is 183 g/mol. The molecule has 0 bridgehead atoms. The summed E-state index contributed by atoms with van der Waals surface area (Å²) in [6.45, 7) is 4.08. The van der Waals surface area contributed by atoms with Crippen LogP contribution in [0.1, 0.15) is 20.3 Å². The fraction of sp³-hybridized carbons (Fsp3) is 1.00. The summed E-state index contributed by atoms with van der Waals surface area (Å²) in [5, 5.41) is 0. The molecule has 0 atom stereocenters. The van der Waals surface area contributed by atoms with E-state index in [0.717, 1.165) is 0 Å². The molecule has 0 saturated heterocycles. The first-order chi connectivity index (χ1) is 5.77. The van der Waals surface area contributed by atoms with E-state index in [2.05, 4.69) is 0 Å². The highest BCUT2D eigenvalue weighted by Crippen LogP contribution is 2.20. The third-order valence-electron chi connectivity index (χ3n) is 1.58. The Morgan fingerprint density at radius 1 is 1.23 bits per heavy atom. The summed E-state index contributed by atoms with van der Waals surface area (Å²) in [7, 11) is 0. The monoisotopic (exact) mass is 199 g/mol. The molecule has 2 nitrogen and oxygen atoms in total. The van der Waals surface area contributed by atoms with Crippen LogP contribution in [0.25, 0.3) is 0 Å². The van der Waals surface area contributed by atoms with Crippen LogP contribution in [0.4, 0.5) is 13.2 Å². The van der Waals surface area contributed by atoms with Crippen molar-refractivity contribution in [2.45, 2.75) is 26.4 Å². The van der Waals surface area contributed by atoms with Gasteiger partial charge in [0.05, 0.1) is 19.6 Å². The van der Waals surface area contributed by atoms with E-state index >= 15 is 0 Å². The van der Waals surface area contributed by atoms with E-state index in [4.69, 9.17) is 10.5 Å². The maximum absolute atomic E-state index is 11.7. The predicted molar refractivity (Wildman–Crippen MR) is 44.3 cm³/mol. The van der Waals surface area contributed by atoms with Crippen molar-refractivity contribution in [3.8, 4) is 0 Å². The summed E-state index contributed by atoms with van der Waals surface area (Å²) in [6.07, 6.45) is -5.03. The van der Waals surface area contributed by atoms with E-state index in [1.54, 1.807) is 0 Å². The van der Waals surface area contributed by atoms with Gasteiger partial charge in [0.25, 0.3) is 0 Å². The molecular formula is C8H16F3NO. The molecule has 5 heteroatoms. The average molecular weight is 199 g/mol. The van der Waals surface area contributed by atoms with Gasteiger partial charge in [-0.2, -0.15) is 13.2 Å². The zero-order valence-electron chi connectivity index (χ0n) is 7.95. The molecule has 0 fully saturated rings. The lowest BCUT2D eigenvalue weighted by Crippen LogP contribution is -2.29. The van der Waals surface area contributed by atoms with Gasteiger partial charge in [-0.25, -0.2) is 0 Å². The molecule has 80 valence electrons. The van der Waals surface area contributed by atoms with E-state index in [1.807, 2.05) is 13.8 Å². The largest absolute Gasteiger partial charge is 0.391 e. The number of alkyl halides is 3. The van der Waals surface area contributed by atoms with E-state index < -0.39 is 12.6 Å². The van der Waals surface area contributed by atoms with Crippen molar-refractivity contribution < 1.29 is 17.9 Å². The van der Waals surface area contributed by atoms with E-state index in [0.29, 0.717) is 6.54 Å². The highest BCUT2D eigenvalue weighted by molar-refractivity contribution is 4.67. The van der Waals surface area contributed by atoms with Crippen LogP contribution in [-0.2, 0) is 4.74 Å². The number of hydrogen-bond acceptors (Lipinski definition) is 2. The first-order valence-electron chi connectivity index (χ1n) is 4.11. The minimum absolute atomic E-state index is 0.244. The fourth-order valence-electron chi connectivity index (χ4n) is 0.595. The molecule has 2 N–H and O–H groups in total. The second kappa shape index (κ2) is 4.81. The van der Waals surface area contributed by atoms with Gasteiger partial charge in [0.15, 0.2) is 0 Å². The molecule has 0 aromatic carbocycles. The second-order valence-electron chi connectivity index (χ2n) is 3.79. The summed E-state index contributed by atoms with van der Waals surface area (Å²) in [5.74, 6) is 0. The minimum atomic E-state index is -4.13. The molecule has 0 spiro atoms. The van der Waals surface area contributed by atoms with Crippen LogP contribution in [0, 0.1) is 5.41 Å². The zero-order chi connectivity index (χ0) is 10.5. The number of ether oxygens (including phenoxy) is 1. The van der Waals surface area contributed by atoms with Crippen molar-refractivity contribution in [1.82, 2.24) is 0 Å². The number of halogens is 3. The molecule has 0 aliphatic carbocycles. The first-order valence-corrected chi connectivity index (χ1v) is 4.11. The van der Waals surface area contributed by atoms with Gasteiger partial charge in [0.1, 0.15) is 0 Å². The van der Waals surface area contributed by atoms with Crippen molar-refractivity contribution in [1.29, 1.82) is 0 Å². The lowest BCUT2D eigenvalue weighted by molar-refractivity contribution is -0.147. The quantitative estimate of drug-likeness (QED) is 0.687. The Hall–Kier alpha value is -0.290. The maximum Gasteiger partial charge on any atom is 0.391 e. The lowest BCUT2D eigenvalue weighted by Gasteiger charge is -2.22. The number of nitrogens with two attached hydrogens (primary N) is 1. The summed E-state index contributed by atoms with van der Waals surface area (Å²) in [4.78, 5) is 0. The SMILES string of the molecule is CC(C)(CN)COCCC(F)(F)F. The summed E-state index contributed by atoms with van der Waals surface area (Å²) >= 11 is 0. The minimum Gasteiger partial charge on any atom is -0.380 e. The van der Waals surface area contributed by atoms with E-state index in [1.165, 1.54) is 0 Å². The van der Waals surface area contributed by atoms with Gasteiger partial charge in [-0.1, -0.05) is 13.8 Å². The standard InChI is InChI=1S/C8H16F3NO/c1-7(2,5-12)6-13-4-3-8(9,10)11/h3-6,12H2,1-2H3. The van der Waals surface area contributed by atoms with Crippen molar-refractivity contribution in [3.05, 3.63) is 0 Å². The van der Waals surface area contributed by atoms with Crippen LogP contribution in [0.5, 0.6) is 0 Å². The van der Waals surface area contributed by atoms with E-state index in [9.17, 15) is 13.2 Å². The van der Waals surface area contributed by atoms with Gasteiger partial charge in [-0.15, -0.1) is 0 Å². The molecule has 0 amide bonds. The Labute approximate surface area is 76.2 Å². The van der Waals surface area contributed by atoms with Crippen LogP contribution in [-0.4, -0.2) is 25.9 Å². The number of hydrogen-bond donors (Lipinski definition) is 1. The van der Waals surface area contributed by atoms with E-state index in [-0.39, 0.29) is 18.6 Å². The molecule has 0 heterocycles. The topological polar surface area (TPSA) is 35.2 Å². The van der Waals surface area contributed by atoms with Gasteiger partial charge in [-0.05, 0) is 6.54 Å². The Balaban J connectivity index is 3.47. The lowest BCUT2D eigenvalue weighted by atomic mass is 9.95. The molecule has 0 aromatic rings. The highest BCUT2D eigenvalue weighted by Gasteiger charge is 2.27. The van der Waals surface area contributed by atoms with Gasteiger partial charge in [0.2, 0.25) is 0 Å². The fourth-order valence-corrected chi connectivity index (χ4v) is 0.595.